The van der Waals surface area contributed by atoms with Crippen LogP contribution in [0.1, 0.15) is 19.3 Å². The molecule has 8 nitrogen and oxygen atoms in total. The maximum absolute atomic E-state index is 12.4. The standard InChI is InChI=1S/C14H21N5O3S/c1-18(2)12-5-7-15-13(16-12)17-14(20)19-8-6-10-3-4-11(9-19)23(10,21)22/h5,7,10-11H,3-4,6,8-9H2,1-2H3,(H,15,16,17,20). The van der Waals surface area contributed by atoms with Crippen LogP contribution < -0.4 is 10.2 Å². The molecule has 0 radical (unpaired) electrons. The second kappa shape index (κ2) is 5.95. The van der Waals surface area contributed by atoms with Crippen LogP contribution in [0.25, 0.3) is 0 Å². The van der Waals surface area contributed by atoms with E-state index < -0.39 is 15.1 Å². The van der Waals surface area contributed by atoms with Crippen LogP contribution in [-0.2, 0) is 9.84 Å². The summed E-state index contributed by atoms with van der Waals surface area (Å²) in [5, 5.41) is 1.94. The zero-order valence-electron chi connectivity index (χ0n) is 13.3. The Balaban J connectivity index is 1.71. The number of carbonyl (C=O) groups is 1. The second-order valence-corrected chi connectivity index (χ2v) is 8.72. The van der Waals surface area contributed by atoms with E-state index in [1.54, 1.807) is 17.2 Å². The van der Waals surface area contributed by atoms with Crippen LogP contribution in [0.3, 0.4) is 0 Å². The summed E-state index contributed by atoms with van der Waals surface area (Å²) in [6.45, 7) is 0.692. The smallest absolute Gasteiger partial charge is 0.324 e. The molecule has 2 atom stereocenters. The van der Waals surface area contributed by atoms with E-state index in [1.807, 2.05) is 19.0 Å². The van der Waals surface area contributed by atoms with E-state index in [-0.39, 0.29) is 23.8 Å². The fourth-order valence-electron chi connectivity index (χ4n) is 3.13. The molecule has 9 heteroatoms. The summed E-state index contributed by atoms with van der Waals surface area (Å²) >= 11 is 0. The molecule has 0 spiro atoms. The Hall–Kier alpha value is -1.90. The van der Waals surface area contributed by atoms with Crippen LogP contribution >= 0.6 is 0 Å². The highest BCUT2D eigenvalue weighted by atomic mass is 32.2. The molecule has 2 saturated heterocycles. The van der Waals surface area contributed by atoms with E-state index in [0.29, 0.717) is 25.2 Å². The maximum Gasteiger partial charge on any atom is 0.324 e. The number of nitrogens with zero attached hydrogens (tertiary/aromatic N) is 4. The molecule has 3 heterocycles. The molecule has 2 bridgehead atoms. The van der Waals surface area contributed by atoms with Crippen molar-refractivity contribution < 1.29 is 13.2 Å². The van der Waals surface area contributed by atoms with Gasteiger partial charge in [-0.05, 0) is 25.3 Å². The normalized spacial score (nSPS) is 25.7. The molecule has 126 valence electrons. The largest absolute Gasteiger partial charge is 0.363 e. The minimum absolute atomic E-state index is 0.221. The van der Waals surface area contributed by atoms with Crippen LogP contribution in [0.2, 0.25) is 0 Å². The zero-order chi connectivity index (χ0) is 16.6. The third kappa shape index (κ3) is 3.10. The Morgan fingerprint density at radius 3 is 2.78 bits per heavy atom. The van der Waals surface area contributed by atoms with Crippen LogP contribution in [0.15, 0.2) is 12.3 Å². The van der Waals surface area contributed by atoms with Gasteiger partial charge in [-0.2, -0.15) is 4.98 Å². The van der Waals surface area contributed by atoms with Gasteiger partial charge in [0.05, 0.1) is 10.5 Å². The average Bonchev–Trinajstić information content (AvgIpc) is 2.66. The number of anilines is 2. The lowest BCUT2D eigenvalue weighted by molar-refractivity contribution is 0.209. The van der Waals surface area contributed by atoms with Crippen molar-refractivity contribution in [1.29, 1.82) is 0 Å². The highest BCUT2D eigenvalue weighted by molar-refractivity contribution is 7.93. The summed E-state index contributed by atoms with van der Waals surface area (Å²) in [5.74, 6) is 0.909. The first kappa shape index (κ1) is 16.0. The quantitative estimate of drug-likeness (QED) is 0.853. The van der Waals surface area contributed by atoms with Crippen LogP contribution in [-0.4, -0.2) is 67.0 Å². The second-order valence-electron chi connectivity index (χ2n) is 6.21. The molecule has 1 aromatic heterocycles. The fourth-order valence-corrected chi connectivity index (χ4v) is 5.43. The van der Waals surface area contributed by atoms with E-state index in [0.717, 1.165) is 6.42 Å². The molecule has 0 saturated carbocycles. The predicted octanol–water partition coefficient (Wildman–Crippen LogP) is 0.726. The van der Waals surface area contributed by atoms with Crippen LogP contribution in [0, 0.1) is 0 Å². The van der Waals surface area contributed by atoms with Gasteiger partial charge in [0.2, 0.25) is 5.95 Å². The number of rotatable bonds is 2. The van der Waals surface area contributed by atoms with Gasteiger partial charge >= 0.3 is 6.03 Å². The van der Waals surface area contributed by atoms with Crippen molar-refractivity contribution in [2.45, 2.75) is 29.8 Å². The Labute approximate surface area is 135 Å². The minimum atomic E-state index is -3.08. The number of urea groups is 1. The average molecular weight is 339 g/mol. The predicted molar refractivity (Wildman–Crippen MR) is 87.3 cm³/mol. The topological polar surface area (TPSA) is 95.5 Å². The van der Waals surface area contributed by atoms with Gasteiger partial charge in [0.1, 0.15) is 5.82 Å². The summed E-state index contributed by atoms with van der Waals surface area (Å²) in [7, 11) is 0.621. The van der Waals surface area contributed by atoms with Gasteiger partial charge in [0.15, 0.2) is 9.84 Å². The summed E-state index contributed by atoms with van der Waals surface area (Å²) in [4.78, 5) is 24.1. The molecule has 0 aromatic carbocycles. The van der Waals surface area contributed by atoms with E-state index in [1.165, 1.54) is 0 Å². The molecule has 2 amide bonds. The number of sulfone groups is 1. The third-order valence-electron chi connectivity index (χ3n) is 4.49. The van der Waals surface area contributed by atoms with Gasteiger partial charge in [-0.3, -0.25) is 5.32 Å². The minimum Gasteiger partial charge on any atom is -0.363 e. The number of hydrogen-bond acceptors (Lipinski definition) is 6. The number of aromatic nitrogens is 2. The molecule has 2 fully saturated rings. The van der Waals surface area contributed by atoms with E-state index in [4.69, 9.17) is 0 Å². The van der Waals surface area contributed by atoms with E-state index in [2.05, 4.69) is 15.3 Å². The third-order valence-corrected chi connectivity index (χ3v) is 7.20. The molecular formula is C14H21N5O3S. The first-order valence-corrected chi connectivity index (χ1v) is 9.28. The van der Waals surface area contributed by atoms with Gasteiger partial charge in [-0.25, -0.2) is 18.2 Å². The first-order valence-electron chi connectivity index (χ1n) is 7.67. The number of hydrogen-bond donors (Lipinski definition) is 1. The van der Waals surface area contributed by atoms with Crippen molar-refractivity contribution in [3.05, 3.63) is 12.3 Å². The lowest BCUT2D eigenvalue weighted by Crippen LogP contribution is -2.40. The molecule has 2 unspecified atom stereocenters. The van der Waals surface area contributed by atoms with Crippen molar-refractivity contribution in [1.82, 2.24) is 14.9 Å². The Morgan fingerprint density at radius 1 is 1.30 bits per heavy atom. The molecule has 2 aliphatic rings. The van der Waals surface area contributed by atoms with Crippen molar-refractivity contribution in [2.24, 2.45) is 0 Å². The molecule has 2 aliphatic heterocycles. The molecule has 1 aromatic rings. The summed E-state index contributed by atoms with van der Waals surface area (Å²) in [6.07, 6.45) is 3.44. The summed E-state index contributed by atoms with van der Waals surface area (Å²) < 4.78 is 24.5. The molecule has 23 heavy (non-hydrogen) atoms. The Bertz CT molecular complexity index is 706. The van der Waals surface area contributed by atoms with Gasteiger partial charge in [-0.15, -0.1) is 0 Å². The molecule has 1 N–H and O–H groups in total. The van der Waals surface area contributed by atoms with Crippen molar-refractivity contribution in [3.63, 3.8) is 0 Å². The number of amides is 2. The van der Waals surface area contributed by atoms with Gasteiger partial charge < -0.3 is 9.80 Å². The Kier molecular flexibility index (Phi) is 4.13. The van der Waals surface area contributed by atoms with E-state index >= 15 is 0 Å². The van der Waals surface area contributed by atoms with Crippen molar-refractivity contribution in [2.75, 3.05) is 37.4 Å². The van der Waals surface area contributed by atoms with Crippen LogP contribution in [0.4, 0.5) is 16.6 Å². The fraction of sp³-hybridized carbons (Fsp3) is 0.643. The van der Waals surface area contributed by atoms with Gasteiger partial charge in [0, 0.05) is 33.4 Å². The first-order chi connectivity index (χ1) is 10.9. The summed E-state index contributed by atoms with van der Waals surface area (Å²) in [5.41, 5.74) is 0. The molecular weight excluding hydrogens is 318 g/mol. The highest BCUT2D eigenvalue weighted by Crippen LogP contribution is 2.33. The van der Waals surface area contributed by atoms with Crippen molar-refractivity contribution in [3.8, 4) is 0 Å². The number of nitrogens with one attached hydrogen (secondary N) is 1. The molecule has 3 rings (SSSR count). The molecule has 0 aliphatic carbocycles. The Morgan fingerprint density at radius 2 is 2.04 bits per heavy atom. The number of likely N-dealkylation sites (tertiary alicyclic amines) is 1. The van der Waals surface area contributed by atoms with Gasteiger partial charge in [-0.1, -0.05) is 0 Å². The monoisotopic (exact) mass is 339 g/mol. The summed E-state index contributed by atoms with van der Waals surface area (Å²) in [6, 6.07) is 1.40. The zero-order valence-corrected chi connectivity index (χ0v) is 14.1. The lowest BCUT2D eigenvalue weighted by atomic mass is 10.1. The number of fused-ring (bicyclic) bond motifs is 2. The lowest BCUT2D eigenvalue weighted by Gasteiger charge is -2.23. The van der Waals surface area contributed by atoms with Crippen molar-refractivity contribution >= 4 is 27.6 Å². The highest BCUT2D eigenvalue weighted by Gasteiger charge is 2.44. The van der Waals surface area contributed by atoms with Crippen LogP contribution in [0.5, 0.6) is 0 Å². The maximum atomic E-state index is 12.4. The van der Waals surface area contributed by atoms with E-state index in [9.17, 15) is 13.2 Å². The van der Waals surface area contributed by atoms with Gasteiger partial charge in [0.25, 0.3) is 0 Å². The SMILES string of the molecule is CN(C)c1ccnc(NC(=O)N2CCC3CCC(C2)S3(=O)=O)n1. The number of carbonyl (C=O) groups excluding carboxylic acids is 1.